The zero-order chi connectivity index (χ0) is 16.7. The summed E-state index contributed by atoms with van der Waals surface area (Å²) < 4.78 is 5.12. The molecule has 0 aromatic heterocycles. The van der Waals surface area contributed by atoms with Gasteiger partial charge >= 0.3 is 0 Å². The van der Waals surface area contributed by atoms with E-state index in [1.165, 1.54) is 0 Å². The van der Waals surface area contributed by atoms with E-state index in [-0.39, 0.29) is 17.9 Å². The van der Waals surface area contributed by atoms with E-state index in [0.717, 1.165) is 43.7 Å². The molecule has 126 valence electrons. The zero-order valence-corrected chi connectivity index (χ0v) is 13.6. The number of hydrogen-bond donors (Lipinski definition) is 2. The molecule has 1 aromatic rings. The maximum absolute atomic E-state index is 12.0. The molecule has 0 spiro atoms. The fraction of sp³-hybridized carbons (Fsp3) is 0.529. The van der Waals surface area contributed by atoms with Crippen LogP contribution in [0, 0.1) is 0 Å². The number of aryl methyl sites for hydroxylation is 1. The zero-order valence-electron chi connectivity index (χ0n) is 13.6. The van der Waals surface area contributed by atoms with Gasteiger partial charge in [-0.15, -0.1) is 0 Å². The van der Waals surface area contributed by atoms with Gasteiger partial charge in [0.1, 0.15) is 5.75 Å². The van der Waals surface area contributed by atoms with E-state index in [1.807, 2.05) is 29.2 Å². The molecule has 1 fully saturated rings. The number of carbonyl (C=O) groups is 2. The Labute approximate surface area is 137 Å². The monoisotopic (exact) mass is 319 g/mol. The summed E-state index contributed by atoms with van der Waals surface area (Å²) in [6, 6.07) is 7.97. The van der Waals surface area contributed by atoms with E-state index in [2.05, 4.69) is 5.32 Å². The highest BCUT2D eigenvalue weighted by molar-refractivity contribution is 5.76. The third-order valence-electron chi connectivity index (χ3n) is 4.13. The summed E-state index contributed by atoms with van der Waals surface area (Å²) in [7, 11) is 1.64. The Hall–Kier alpha value is -2.08. The number of carbonyl (C=O) groups excluding carboxylic acids is 2. The van der Waals surface area contributed by atoms with E-state index >= 15 is 0 Å². The number of amides is 2. The molecule has 6 nitrogen and oxygen atoms in total. The first-order chi connectivity index (χ1) is 11.1. The average Bonchev–Trinajstić information content (AvgIpc) is 2.55. The molecule has 0 unspecified atom stereocenters. The predicted molar refractivity (Wildman–Crippen MR) is 88.1 cm³/mol. The first kappa shape index (κ1) is 17.3. The molecule has 23 heavy (non-hydrogen) atoms. The second kappa shape index (κ2) is 8.53. The van der Waals surface area contributed by atoms with E-state index in [0.29, 0.717) is 13.0 Å². The molecular weight excluding hydrogens is 294 g/mol. The molecule has 6 heteroatoms. The highest BCUT2D eigenvalue weighted by Gasteiger charge is 2.21. The minimum Gasteiger partial charge on any atom is -0.497 e. The molecule has 1 aliphatic heterocycles. The Morgan fingerprint density at radius 1 is 1.26 bits per heavy atom. The van der Waals surface area contributed by atoms with Gasteiger partial charge in [0.2, 0.25) is 11.8 Å². The Balaban J connectivity index is 1.68. The molecule has 0 saturated carbocycles. The molecule has 1 aromatic carbocycles. The van der Waals surface area contributed by atoms with Crippen LogP contribution in [0.1, 0.15) is 24.8 Å². The van der Waals surface area contributed by atoms with E-state index in [9.17, 15) is 9.59 Å². The van der Waals surface area contributed by atoms with E-state index < -0.39 is 0 Å². The smallest absolute Gasteiger partial charge is 0.231 e. The van der Waals surface area contributed by atoms with Crippen molar-refractivity contribution in [2.45, 2.75) is 31.7 Å². The first-order valence-corrected chi connectivity index (χ1v) is 8.00. The lowest BCUT2D eigenvalue weighted by molar-refractivity contribution is -0.123. The summed E-state index contributed by atoms with van der Waals surface area (Å²) in [6.07, 6.45) is 2.92. The van der Waals surface area contributed by atoms with Crippen LogP contribution in [0.4, 0.5) is 0 Å². The maximum Gasteiger partial charge on any atom is 0.231 e. The molecule has 0 radical (unpaired) electrons. The second-order valence-electron chi connectivity index (χ2n) is 5.93. The van der Waals surface area contributed by atoms with Crippen LogP contribution in [0.5, 0.6) is 5.75 Å². The quantitative estimate of drug-likeness (QED) is 0.774. The summed E-state index contributed by atoms with van der Waals surface area (Å²) in [5.41, 5.74) is 6.32. The van der Waals surface area contributed by atoms with Gasteiger partial charge in [-0.1, -0.05) is 12.1 Å². The van der Waals surface area contributed by atoms with Crippen LogP contribution in [0.15, 0.2) is 24.3 Å². The molecule has 0 bridgehead atoms. The first-order valence-electron chi connectivity index (χ1n) is 8.00. The number of nitrogens with one attached hydrogen (secondary N) is 1. The van der Waals surface area contributed by atoms with Gasteiger partial charge in [0.25, 0.3) is 0 Å². The lowest BCUT2D eigenvalue weighted by Crippen LogP contribution is -2.46. The number of piperidine rings is 1. The number of ether oxygens (including phenoxy) is 1. The highest BCUT2D eigenvalue weighted by atomic mass is 16.5. The third kappa shape index (κ3) is 5.90. The SMILES string of the molecule is COc1ccc(CCC(=O)NC2CCN(CC(N)=O)CC2)cc1. The van der Waals surface area contributed by atoms with Crippen LogP contribution in [0.3, 0.4) is 0 Å². The van der Waals surface area contributed by atoms with E-state index in [4.69, 9.17) is 10.5 Å². The van der Waals surface area contributed by atoms with Crippen molar-refractivity contribution in [1.82, 2.24) is 10.2 Å². The van der Waals surface area contributed by atoms with Crippen molar-refractivity contribution in [3.63, 3.8) is 0 Å². The highest BCUT2D eigenvalue weighted by Crippen LogP contribution is 2.13. The Morgan fingerprint density at radius 2 is 1.91 bits per heavy atom. The number of nitrogens with zero attached hydrogens (tertiary/aromatic N) is 1. The van der Waals surface area contributed by atoms with Crippen molar-refractivity contribution in [2.75, 3.05) is 26.7 Å². The number of likely N-dealkylation sites (tertiary alicyclic amines) is 1. The lowest BCUT2D eigenvalue weighted by Gasteiger charge is -2.31. The topological polar surface area (TPSA) is 84.7 Å². The summed E-state index contributed by atoms with van der Waals surface area (Å²) in [4.78, 5) is 25.0. The largest absolute Gasteiger partial charge is 0.497 e. The van der Waals surface area contributed by atoms with Crippen molar-refractivity contribution in [3.05, 3.63) is 29.8 Å². The summed E-state index contributed by atoms with van der Waals surface area (Å²) in [5.74, 6) is 0.599. The molecule has 0 aliphatic carbocycles. The van der Waals surface area contributed by atoms with Crippen LogP contribution < -0.4 is 15.8 Å². The van der Waals surface area contributed by atoms with Crippen molar-refractivity contribution < 1.29 is 14.3 Å². The Bertz CT molecular complexity index is 522. The number of hydrogen-bond acceptors (Lipinski definition) is 4. The minimum absolute atomic E-state index is 0.0779. The van der Waals surface area contributed by atoms with Crippen molar-refractivity contribution >= 4 is 11.8 Å². The fourth-order valence-corrected chi connectivity index (χ4v) is 2.81. The maximum atomic E-state index is 12.0. The molecule has 0 atom stereocenters. The standard InChI is InChI=1S/C17H25N3O3/c1-23-15-5-2-13(3-6-15)4-7-17(22)19-14-8-10-20(11-9-14)12-16(18)21/h2-3,5-6,14H,4,7-12H2,1H3,(H2,18,21)(H,19,22). The van der Waals surface area contributed by atoms with Gasteiger partial charge in [-0.05, 0) is 37.0 Å². The van der Waals surface area contributed by atoms with Crippen LogP contribution in [-0.2, 0) is 16.0 Å². The molecule has 3 N–H and O–H groups in total. The normalized spacial score (nSPS) is 16.0. The van der Waals surface area contributed by atoms with Crippen LogP contribution in [0.2, 0.25) is 0 Å². The van der Waals surface area contributed by atoms with Gasteiger partial charge in [0.15, 0.2) is 0 Å². The third-order valence-corrected chi connectivity index (χ3v) is 4.13. The average molecular weight is 319 g/mol. The lowest BCUT2D eigenvalue weighted by atomic mass is 10.0. The molecule has 2 rings (SSSR count). The molecule has 1 heterocycles. The summed E-state index contributed by atoms with van der Waals surface area (Å²) >= 11 is 0. The summed E-state index contributed by atoms with van der Waals surface area (Å²) in [5, 5.41) is 3.08. The summed E-state index contributed by atoms with van der Waals surface area (Å²) in [6.45, 7) is 1.90. The van der Waals surface area contributed by atoms with Gasteiger partial charge in [-0.25, -0.2) is 0 Å². The Morgan fingerprint density at radius 3 is 2.48 bits per heavy atom. The molecular formula is C17H25N3O3. The Kier molecular flexibility index (Phi) is 6.40. The van der Waals surface area contributed by atoms with Gasteiger partial charge in [-0.2, -0.15) is 0 Å². The molecule has 1 saturated heterocycles. The fourth-order valence-electron chi connectivity index (χ4n) is 2.81. The second-order valence-corrected chi connectivity index (χ2v) is 5.93. The van der Waals surface area contributed by atoms with Gasteiger partial charge in [0.05, 0.1) is 13.7 Å². The van der Waals surface area contributed by atoms with E-state index in [1.54, 1.807) is 7.11 Å². The van der Waals surface area contributed by atoms with Crippen molar-refractivity contribution in [2.24, 2.45) is 5.73 Å². The minimum atomic E-state index is -0.299. The van der Waals surface area contributed by atoms with Crippen LogP contribution in [-0.4, -0.2) is 49.5 Å². The van der Waals surface area contributed by atoms with Gasteiger partial charge in [0, 0.05) is 25.6 Å². The number of nitrogens with two attached hydrogens (primary N) is 1. The number of benzene rings is 1. The van der Waals surface area contributed by atoms with Crippen LogP contribution in [0.25, 0.3) is 0 Å². The van der Waals surface area contributed by atoms with Gasteiger partial charge < -0.3 is 15.8 Å². The van der Waals surface area contributed by atoms with Crippen molar-refractivity contribution in [1.29, 1.82) is 0 Å². The van der Waals surface area contributed by atoms with Crippen LogP contribution >= 0.6 is 0 Å². The number of methoxy groups -OCH3 is 1. The number of primary amides is 1. The number of rotatable bonds is 7. The molecule has 1 aliphatic rings. The van der Waals surface area contributed by atoms with Gasteiger partial charge in [-0.3, -0.25) is 14.5 Å². The predicted octanol–water partition coefficient (Wildman–Crippen LogP) is 0.694. The molecule has 2 amide bonds. The van der Waals surface area contributed by atoms with Crippen molar-refractivity contribution in [3.8, 4) is 5.75 Å².